The number of aromatic nitrogens is 2. The van der Waals surface area contributed by atoms with Crippen LogP contribution in [0.25, 0.3) is 11.5 Å². The van der Waals surface area contributed by atoms with Gasteiger partial charge in [-0.3, -0.25) is 9.69 Å². The molecular weight excluding hydrogens is 374 g/mol. The summed E-state index contributed by atoms with van der Waals surface area (Å²) in [6.07, 6.45) is 0. The van der Waals surface area contributed by atoms with E-state index in [9.17, 15) is 4.79 Å². The first-order chi connectivity index (χ1) is 14.7. The summed E-state index contributed by atoms with van der Waals surface area (Å²) in [5.41, 5.74) is 3.59. The largest absolute Gasteiger partial charge is 0.332 e. The molecule has 0 aliphatic rings. The molecule has 1 aromatic heterocycles. The summed E-state index contributed by atoms with van der Waals surface area (Å²) in [6.45, 7) is 2.28. The number of aryl methyl sites for hydroxylation is 1. The summed E-state index contributed by atoms with van der Waals surface area (Å²) in [5, 5.41) is 4.05. The van der Waals surface area contributed by atoms with Gasteiger partial charge in [0.15, 0.2) is 0 Å². The van der Waals surface area contributed by atoms with E-state index >= 15 is 0 Å². The Morgan fingerprint density at radius 1 is 0.967 bits per heavy atom. The number of carbonyl (C=O) groups is 1. The van der Waals surface area contributed by atoms with Crippen molar-refractivity contribution in [3.63, 3.8) is 0 Å². The number of hydrogen-bond donors (Lipinski definition) is 0. The molecule has 5 nitrogen and oxygen atoms in total. The average Bonchev–Trinajstić information content (AvgIpc) is 3.27. The highest BCUT2D eigenvalue weighted by Gasteiger charge is 2.21. The third-order valence-corrected chi connectivity index (χ3v) is 4.44. The highest BCUT2D eigenvalue weighted by atomic mass is 16.5. The standard InChI is InChI=1S/C25H19N3O2/c1-19-9-8-14-22(17-19)24-26-25(27-30-24)28(18-21-12-6-3-7-13-21)23(29)16-15-20-10-4-2-5-11-20/h2-14,17H,18H2,1H3. The van der Waals surface area contributed by atoms with E-state index in [-0.39, 0.29) is 12.5 Å². The lowest BCUT2D eigenvalue weighted by Gasteiger charge is -2.15. The molecule has 0 saturated carbocycles. The van der Waals surface area contributed by atoms with E-state index in [1.54, 1.807) is 0 Å². The van der Waals surface area contributed by atoms with Crippen molar-refractivity contribution in [2.45, 2.75) is 13.5 Å². The van der Waals surface area contributed by atoms with Crippen LogP contribution in [0.3, 0.4) is 0 Å². The van der Waals surface area contributed by atoms with Crippen LogP contribution < -0.4 is 4.90 Å². The molecule has 0 saturated heterocycles. The highest BCUT2D eigenvalue weighted by Crippen LogP contribution is 2.22. The predicted octanol–water partition coefficient (Wildman–Crippen LogP) is 4.63. The number of amides is 1. The molecule has 30 heavy (non-hydrogen) atoms. The minimum Gasteiger partial charge on any atom is -0.332 e. The van der Waals surface area contributed by atoms with Crippen LogP contribution in [0.5, 0.6) is 0 Å². The van der Waals surface area contributed by atoms with Crippen molar-refractivity contribution in [3.8, 4) is 23.3 Å². The number of carbonyl (C=O) groups excluding carboxylic acids is 1. The Balaban J connectivity index is 1.65. The Kier molecular flexibility index (Phi) is 5.68. The van der Waals surface area contributed by atoms with Gasteiger partial charge in [-0.15, -0.1) is 0 Å². The molecule has 0 atom stereocenters. The molecule has 0 aliphatic carbocycles. The van der Waals surface area contributed by atoms with Gasteiger partial charge in [-0.1, -0.05) is 72.1 Å². The van der Waals surface area contributed by atoms with E-state index in [1.807, 2.05) is 91.9 Å². The van der Waals surface area contributed by atoms with Gasteiger partial charge in [-0.05, 0) is 41.9 Å². The van der Waals surface area contributed by atoms with Crippen LogP contribution in [0.2, 0.25) is 0 Å². The van der Waals surface area contributed by atoms with Crippen LogP contribution in [0.1, 0.15) is 16.7 Å². The zero-order valence-corrected chi connectivity index (χ0v) is 16.4. The first-order valence-corrected chi connectivity index (χ1v) is 9.52. The number of hydrogen-bond acceptors (Lipinski definition) is 4. The molecule has 0 radical (unpaired) electrons. The fraction of sp³-hybridized carbons (Fsp3) is 0.0800. The maximum Gasteiger partial charge on any atom is 0.306 e. The molecule has 1 amide bonds. The maximum absolute atomic E-state index is 13.0. The van der Waals surface area contributed by atoms with E-state index < -0.39 is 5.91 Å². The number of benzene rings is 3. The molecule has 5 heteroatoms. The van der Waals surface area contributed by atoms with Crippen molar-refractivity contribution in [1.29, 1.82) is 0 Å². The van der Waals surface area contributed by atoms with Gasteiger partial charge in [0.1, 0.15) is 0 Å². The van der Waals surface area contributed by atoms with E-state index in [1.165, 1.54) is 4.90 Å². The van der Waals surface area contributed by atoms with Crippen molar-refractivity contribution in [2.24, 2.45) is 0 Å². The van der Waals surface area contributed by atoms with Crippen molar-refractivity contribution < 1.29 is 9.32 Å². The van der Waals surface area contributed by atoms with Crippen molar-refractivity contribution in [3.05, 3.63) is 102 Å². The number of rotatable bonds is 4. The second kappa shape index (κ2) is 8.89. The van der Waals surface area contributed by atoms with Crippen LogP contribution >= 0.6 is 0 Å². The van der Waals surface area contributed by atoms with Gasteiger partial charge in [-0.2, -0.15) is 4.98 Å². The fourth-order valence-corrected chi connectivity index (χ4v) is 2.93. The second-order valence-electron chi connectivity index (χ2n) is 6.76. The Hall–Kier alpha value is -4.17. The molecule has 0 unspecified atom stereocenters. The summed E-state index contributed by atoms with van der Waals surface area (Å²) in [5.74, 6) is 5.73. The van der Waals surface area contributed by atoms with Crippen LogP contribution in [0, 0.1) is 18.8 Å². The highest BCUT2D eigenvalue weighted by molar-refractivity contribution is 6.05. The number of anilines is 1. The van der Waals surface area contributed by atoms with Crippen molar-refractivity contribution in [2.75, 3.05) is 4.90 Å². The molecule has 4 rings (SSSR count). The third kappa shape index (κ3) is 4.62. The lowest BCUT2D eigenvalue weighted by atomic mass is 10.1. The summed E-state index contributed by atoms with van der Waals surface area (Å²) in [7, 11) is 0. The molecule has 0 aliphatic heterocycles. The lowest BCUT2D eigenvalue weighted by molar-refractivity contribution is -0.113. The van der Waals surface area contributed by atoms with Crippen LogP contribution in [0.4, 0.5) is 5.95 Å². The molecule has 0 N–H and O–H groups in total. The molecule has 4 aromatic rings. The van der Waals surface area contributed by atoms with E-state index in [2.05, 4.69) is 22.0 Å². The minimum absolute atomic E-state index is 0.183. The van der Waals surface area contributed by atoms with E-state index in [0.29, 0.717) is 5.89 Å². The van der Waals surface area contributed by atoms with E-state index in [0.717, 1.165) is 22.3 Å². The zero-order chi connectivity index (χ0) is 20.8. The molecule has 0 bridgehead atoms. The van der Waals surface area contributed by atoms with Crippen LogP contribution in [0.15, 0.2) is 89.5 Å². The monoisotopic (exact) mass is 393 g/mol. The fourth-order valence-electron chi connectivity index (χ4n) is 2.93. The molecule has 146 valence electrons. The van der Waals surface area contributed by atoms with Gasteiger partial charge in [-0.25, -0.2) is 0 Å². The average molecular weight is 393 g/mol. The summed E-state index contributed by atoms with van der Waals surface area (Å²) in [6, 6.07) is 26.8. The normalized spacial score (nSPS) is 10.2. The molecule has 3 aromatic carbocycles. The summed E-state index contributed by atoms with van der Waals surface area (Å²) in [4.78, 5) is 18.8. The Labute approximate surface area is 175 Å². The van der Waals surface area contributed by atoms with E-state index in [4.69, 9.17) is 4.52 Å². The van der Waals surface area contributed by atoms with Crippen molar-refractivity contribution >= 4 is 11.9 Å². The van der Waals surface area contributed by atoms with Gasteiger partial charge >= 0.3 is 5.91 Å². The summed E-state index contributed by atoms with van der Waals surface area (Å²) < 4.78 is 5.43. The molecule has 1 heterocycles. The lowest BCUT2D eigenvalue weighted by Crippen LogP contribution is -2.30. The summed E-state index contributed by atoms with van der Waals surface area (Å²) >= 11 is 0. The molecule has 0 fully saturated rings. The van der Waals surface area contributed by atoms with Crippen LogP contribution in [-0.4, -0.2) is 16.0 Å². The van der Waals surface area contributed by atoms with Gasteiger partial charge in [0.05, 0.1) is 6.54 Å². The maximum atomic E-state index is 13.0. The van der Waals surface area contributed by atoms with Gasteiger partial charge in [0.2, 0.25) is 0 Å². The first-order valence-electron chi connectivity index (χ1n) is 9.52. The number of nitrogens with zero attached hydrogens (tertiary/aromatic N) is 3. The van der Waals surface area contributed by atoms with Gasteiger partial charge in [0.25, 0.3) is 11.8 Å². The van der Waals surface area contributed by atoms with Gasteiger partial charge in [0, 0.05) is 17.0 Å². The van der Waals surface area contributed by atoms with Crippen molar-refractivity contribution in [1.82, 2.24) is 10.1 Å². The topological polar surface area (TPSA) is 59.2 Å². The zero-order valence-electron chi connectivity index (χ0n) is 16.4. The quantitative estimate of drug-likeness (QED) is 0.474. The van der Waals surface area contributed by atoms with Gasteiger partial charge < -0.3 is 4.52 Å². The molecule has 0 spiro atoms. The Morgan fingerprint density at radius 3 is 2.43 bits per heavy atom. The SMILES string of the molecule is Cc1cccc(-c2nc(N(Cc3ccccc3)C(=O)C#Cc3ccccc3)no2)c1. The minimum atomic E-state index is -0.403. The second-order valence-corrected chi connectivity index (χ2v) is 6.76. The first kappa shape index (κ1) is 19.2. The Bertz CT molecular complexity index is 1210. The smallest absolute Gasteiger partial charge is 0.306 e. The Morgan fingerprint density at radius 2 is 1.70 bits per heavy atom. The molecular formula is C25H19N3O2. The predicted molar refractivity (Wildman–Crippen MR) is 115 cm³/mol. The van der Waals surface area contributed by atoms with Crippen LogP contribution in [-0.2, 0) is 11.3 Å². The third-order valence-electron chi connectivity index (χ3n) is 4.44.